The van der Waals surface area contributed by atoms with Crippen molar-refractivity contribution in [1.82, 2.24) is 0 Å². The summed E-state index contributed by atoms with van der Waals surface area (Å²) < 4.78 is 4.77. The van der Waals surface area contributed by atoms with Crippen molar-refractivity contribution >= 4 is 8.38 Å². The van der Waals surface area contributed by atoms with Crippen LogP contribution in [0.2, 0.25) is 0 Å². The van der Waals surface area contributed by atoms with Gasteiger partial charge in [-0.1, -0.05) is 0 Å². The molecular formula is C3H7O2P. The molecule has 0 aromatic rings. The van der Waals surface area contributed by atoms with Gasteiger partial charge in [-0.2, -0.15) is 0 Å². The summed E-state index contributed by atoms with van der Waals surface area (Å²) in [7, 11) is -0.965. The zero-order valence-electron chi connectivity index (χ0n) is 3.42. The normalized spacial score (nSPS) is 34.5. The van der Waals surface area contributed by atoms with Crippen molar-refractivity contribution < 1.29 is 9.42 Å². The van der Waals surface area contributed by atoms with Gasteiger partial charge in [-0.25, -0.2) is 0 Å². The van der Waals surface area contributed by atoms with Gasteiger partial charge in [0.1, 0.15) is 0 Å². The lowest BCUT2D eigenvalue weighted by Gasteiger charge is -1.92. The van der Waals surface area contributed by atoms with E-state index in [9.17, 15) is 0 Å². The van der Waals surface area contributed by atoms with Crippen molar-refractivity contribution in [2.24, 2.45) is 0 Å². The fraction of sp³-hybridized carbons (Fsp3) is 1.00. The third-order valence-corrected chi connectivity index (χ3v) is 1.91. The molecule has 6 heavy (non-hydrogen) atoms. The third-order valence-electron chi connectivity index (χ3n) is 0.734. The Morgan fingerprint density at radius 3 is 2.67 bits per heavy atom. The lowest BCUT2D eigenvalue weighted by atomic mass is 10.5. The van der Waals surface area contributed by atoms with E-state index in [2.05, 4.69) is 0 Å². The summed E-state index contributed by atoms with van der Waals surface area (Å²) in [4.78, 5) is 8.57. The van der Waals surface area contributed by atoms with Gasteiger partial charge in [-0.15, -0.1) is 0 Å². The van der Waals surface area contributed by atoms with Crippen LogP contribution in [-0.4, -0.2) is 17.7 Å². The maximum Gasteiger partial charge on any atom is 0.167 e. The van der Waals surface area contributed by atoms with Crippen molar-refractivity contribution in [1.29, 1.82) is 0 Å². The predicted octanol–water partition coefficient (Wildman–Crippen LogP) is 0.711. The highest BCUT2D eigenvalue weighted by molar-refractivity contribution is 7.46. The number of hydrogen-bond acceptors (Lipinski definition) is 2. The first-order valence-corrected chi connectivity index (χ1v) is 3.39. The van der Waals surface area contributed by atoms with Gasteiger partial charge in [-0.05, 0) is 6.42 Å². The van der Waals surface area contributed by atoms with E-state index in [1.54, 1.807) is 0 Å². The minimum atomic E-state index is -0.965. The van der Waals surface area contributed by atoms with Gasteiger partial charge in [0.25, 0.3) is 0 Å². The van der Waals surface area contributed by atoms with Crippen molar-refractivity contribution in [3.63, 3.8) is 0 Å². The summed E-state index contributed by atoms with van der Waals surface area (Å²) in [5.41, 5.74) is 0. The van der Waals surface area contributed by atoms with E-state index in [4.69, 9.17) is 9.42 Å². The molecule has 3 heteroatoms. The molecule has 0 spiro atoms. The van der Waals surface area contributed by atoms with Crippen molar-refractivity contribution in [2.75, 3.05) is 12.8 Å². The zero-order valence-corrected chi connectivity index (χ0v) is 4.32. The Bertz CT molecular complexity index is 42.1. The van der Waals surface area contributed by atoms with Crippen molar-refractivity contribution in [3.8, 4) is 0 Å². The highest BCUT2D eigenvalue weighted by Gasteiger charge is 2.10. The first-order valence-electron chi connectivity index (χ1n) is 1.99. The molecule has 1 rings (SSSR count). The molecule has 1 unspecified atom stereocenters. The quantitative estimate of drug-likeness (QED) is 0.461. The molecule has 0 amide bonds. The minimum Gasteiger partial charge on any atom is -0.350 e. The Labute approximate surface area is 38.0 Å². The highest BCUT2D eigenvalue weighted by atomic mass is 31.2. The van der Waals surface area contributed by atoms with Gasteiger partial charge in [0.15, 0.2) is 8.38 Å². The summed E-state index contributed by atoms with van der Waals surface area (Å²) in [5.74, 6) is 0. The first kappa shape index (κ1) is 4.51. The Kier molecular flexibility index (Phi) is 1.41. The second-order valence-electron chi connectivity index (χ2n) is 1.26. The average molecular weight is 106 g/mol. The summed E-state index contributed by atoms with van der Waals surface area (Å²) in [5, 5.41) is 0. The molecule has 0 saturated carbocycles. The van der Waals surface area contributed by atoms with Crippen LogP contribution in [0.25, 0.3) is 0 Å². The van der Waals surface area contributed by atoms with Crippen LogP contribution < -0.4 is 0 Å². The third kappa shape index (κ3) is 0.904. The molecule has 1 saturated heterocycles. The SMILES string of the molecule is OP1CCCO1. The topological polar surface area (TPSA) is 29.5 Å². The van der Waals surface area contributed by atoms with Crippen molar-refractivity contribution in [3.05, 3.63) is 0 Å². The molecule has 0 bridgehead atoms. The van der Waals surface area contributed by atoms with E-state index in [-0.39, 0.29) is 0 Å². The standard InChI is InChI=1S/C3H7O2P/c4-6-3-1-2-5-6/h4H,1-3H2. The van der Waals surface area contributed by atoms with Gasteiger partial charge in [0, 0.05) is 6.16 Å². The smallest absolute Gasteiger partial charge is 0.167 e. The van der Waals surface area contributed by atoms with Crippen LogP contribution in [0.3, 0.4) is 0 Å². The zero-order chi connectivity index (χ0) is 4.41. The molecule has 0 aromatic carbocycles. The second kappa shape index (κ2) is 1.87. The Morgan fingerprint density at radius 1 is 1.67 bits per heavy atom. The number of rotatable bonds is 0. The van der Waals surface area contributed by atoms with E-state index in [0.29, 0.717) is 0 Å². The van der Waals surface area contributed by atoms with Crippen LogP contribution in [0.1, 0.15) is 6.42 Å². The van der Waals surface area contributed by atoms with Gasteiger partial charge in [0.2, 0.25) is 0 Å². The summed E-state index contributed by atoms with van der Waals surface area (Å²) in [6.07, 6.45) is 1.93. The molecule has 0 radical (unpaired) electrons. The Balaban J connectivity index is 2.18. The molecule has 0 aliphatic carbocycles. The van der Waals surface area contributed by atoms with Crippen molar-refractivity contribution in [2.45, 2.75) is 6.42 Å². The van der Waals surface area contributed by atoms with Gasteiger partial charge in [0.05, 0.1) is 6.61 Å². The van der Waals surface area contributed by atoms with Crippen LogP contribution in [-0.2, 0) is 4.52 Å². The number of hydrogen-bond donors (Lipinski definition) is 1. The molecule has 0 aromatic heterocycles. The predicted molar refractivity (Wildman–Crippen MR) is 24.6 cm³/mol. The van der Waals surface area contributed by atoms with Gasteiger partial charge < -0.3 is 9.42 Å². The molecule has 1 aliphatic rings. The largest absolute Gasteiger partial charge is 0.350 e. The van der Waals surface area contributed by atoms with E-state index < -0.39 is 8.38 Å². The summed E-state index contributed by atoms with van der Waals surface area (Å²) in [6.45, 7) is 0.766. The molecular weight excluding hydrogens is 99.0 g/mol. The molecule has 1 heterocycles. The van der Waals surface area contributed by atoms with E-state index in [0.717, 1.165) is 19.2 Å². The average Bonchev–Trinajstić information content (AvgIpc) is 1.86. The monoisotopic (exact) mass is 106 g/mol. The van der Waals surface area contributed by atoms with Gasteiger partial charge in [-0.3, -0.25) is 0 Å². The second-order valence-corrected chi connectivity index (χ2v) is 2.67. The molecule has 1 fully saturated rings. The fourth-order valence-corrected chi connectivity index (χ4v) is 1.30. The lowest BCUT2D eigenvalue weighted by Crippen LogP contribution is -1.69. The molecule has 1 aliphatic heterocycles. The van der Waals surface area contributed by atoms with E-state index >= 15 is 0 Å². The highest BCUT2D eigenvalue weighted by Crippen LogP contribution is 2.37. The molecule has 1 atom stereocenters. The van der Waals surface area contributed by atoms with Gasteiger partial charge >= 0.3 is 0 Å². The Hall–Kier alpha value is 0.350. The van der Waals surface area contributed by atoms with E-state index in [1.165, 1.54) is 0 Å². The molecule has 1 N–H and O–H groups in total. The van der Waals surface area contributed by atoms with E-state index in [1.807, 2.05) is 0 Å². The summed E-state index contributed by atoms with van der Waals surface area (Å²) >= 11 is 0. The minimum absolute atomic E-state index is 0.766. The summed E-state index contributed by atoms with van der Waals surface area (Å²) in [6, 6.07) is 0. The van der Waals surface area contributed by atoms with Crippen LogP contribution in [0.5, 0.6) is 0 Å². The maximum absolute atomic E-state index is 8.57. The fourth-order valence-electron chi connectivity index (χ4n) is 0.434. The first-order chi connectivity index (χ1) is 2.89. The lowest BCUT2D eigenvalue weighted by molar-refractivity contribution is 0.348. The maximum atomic E-state index is 8.57. The van der Waals surface area contributed by atoms with Crippen LogP contribution >= 0.6 is 8.38 Å². The van der Waals surface area contributed by atoms with Crippen LogP contribution in [0.15, 0.2) is 0 Å². The van der Waals surface area contributed by atoms with Crippen LogP contribution in [0, 0.1) is 0 Å². The van der Waals surface area contributed by atoms with Crippen LogP contribution in [0.4, 0.5) is 0 Å². The molecule has 36 valence electrons. The Morgan fingerprint density at radius 2 is 2.50 bits per heavy atom. The molecule has 2 nitrogen and oxygen atoms in total.